The van der Waals surface area contributed by atoms with Crippen LogP contribution in [-0.4, -0.2) is 19.7 Å². The van der Waals surface area contributed by atoms with Gasteiger partial charge in [0.25, 0.3) is 0 Å². The van der Waals surface area contributed by atoms with Crippen LogP contribution in [0.2, 0.25) is 0 Å². The fourth-order valence-corrected chi connectivity index (χ4v) is 1.69. The van der Waals surface area contributed by atoms with Crippen molar-refractivity contribution >= 4 is 0 Å². The highest BCUT2D eigenvalue weighted by molar-refractivity contribution is 5.26. The standard InChI is InChI=1S/C16H27NO/c1-14(2)10-12-17-11-4-5-13-18-16-8-6-15(3)7-9-16/h6-9,14,17H,4-5,10-13H2,1-3H3. The second kappa shape index (κ2) is 8.98. The predicted octanol–water partition coefficient (Wildman–Crippen LogP) is 3.79. The zero-order chi connectivity index (χ0) is 13.2. The fraction of sp³-hybridized carbons (Fsp3) is 0.625. The van der Waals surface area contributed by atoms with E-state index in [0.29, 0.717) is 0 Å². The van der Waals surface area contributed by atoms with Gasteiger partial charge in [-0.05, 0) is 57.3 Å². The molecule has 0 saturated carbocycles. The summed E-state index contributed by atoms with van der Waals surface area (Å²) in [7, 11) is 0. The van der Waals surface area contributed by atoms with Gasteiger partial charge in [0, 0.05) is 0 Å². The molecule has 1 aromatic carbocycles. The number of ether oxygens (including phenoxy) is 1. The zero-order valence-electron chi connectivity index (χ0n) is 12.0. The van der Waals surface area contributed by atoms with Gasteiger partial charge in [0.1, 0.15) is 5.75 Å². The summed E-state index contributed by atoms with van der Waals surface area (Å²) in [6.07, 6.45) is 3.56. The molecule has 0 fully saturated rings. The lowest BCUT2D eigenvalue weighted by Gasteiger charge is -2.08. The SMILES string of the molecule is Cc1ccc(OCCCCNCCC(C)C)cc1. The molecule has 0 radical (unpaired) electrons. The highest BCUT2D eigenvalue weighted by Crippen LogP contribution is 2.11. The lowest BCUT2D eigenvalue weighted by Crippen LogP contribution is -2.18. The number of rotatable bonds is 9. The van der Waals surface area contributed by atoms with Crippen molar-refractivity contribution < 1.29 is 4.74 Å². The Morgan fingerprint density at radius 2 is 1.78 bits per heavy atom. The minimum atomic E-state index is 0.794. The van der Waals surface area contributed by atoms with Gasteiger partial charge in [-0.3, -0.25) is 0 Å². The molecule has 0 atom stereocenters. The first kappa shape index (κ1) is 15.0. The number of benzene rings is 1. The quantitative estimate of drug-likeness (QED) is 0.672. The molecule has 0 spiro atoms. The van der Waals surface area contributed by atoms with Crippen LogP contribution in [0.1, 0.15) is 38.7 Å². The normalized spacial score (nSPS) is 10.9. The number of nitrogens with one attached hydrogen (secondary N) is 1. The highest BCUT2D eigenvalue weighted by Gasteiger charge is 1.95. The van der Waals surface area contributed by atoms with Crippen molar-refractivity contribution in [3.63, 3.8) is 0 Å². The first-order valence-electron chi connectivity index (χ1n) is 7.08. The summed E-state index contributed by atoms with van der Waals surface area (Å²) in [6, 6.07) is 8.25. The van der Waals surface area contributed by atoms with Crippen LogP contribution < -0.4 is 10.1 Å². The van der Waals surface area contributed by atoms with E-state index in [2.05, 4.69) is 38.2 Å². The molecule has 0 unspecified atom stereocenters. The maximum Gasteiger partial charge on any atom is 0.119 e. The molecule has 0 heterocycles. The molecule has 1 rings (SSSR count). The van der Waals surface area contributed by atoms with Gasteiger partial charge in [0.15, 0.2) is 0 Å². The Kier molecular flexibility index (Phi) is 7.51. The van der Waals surface area contributed by atoms with Gasteiger partial charge in [0.2, 0.25) is 0 Å². The summed E-state index contributed by atoms with van der Waals surface area (Å²) in [5.74, 6) is 1.77. The third kappa shape index (κ3) is 7.33. The van der Waals surface area contributed by atoms with Crippen molar-refractivity contribution in [1.29, 1.82) is 0 Å². The van der Waals surface area contributed by atoms with Crippen molar-refractivity contribution in [3.8, 4) is 5.75 Å². The molecule has 102 valence electrons. The zero-order valence-corrected chi connectivity index (χ0v) is 12.0. The molecule has 2 nitrogen and oxygen atoms in total. The van der Waals surface area contributed by atoms with Crippen molar-refractivity contribution in [2.45, 2.75) is 40.0 Å². The molecule has 0 aliphatic rings. The number of hydrogen-bond acceptors (Lipinski definition) is 2. The van der Waals surface area contributed by atoms with Crippen molar-refractivity contribution in [3.05, 3.63) is 29.8 Å². The van der Waals surface area contributed by atoms with Crippen LogP contribution in [0.4, 0.5) is 0 Å². The second-order valence-corrected chi connectivity index (χ2v) is 5.30. The minimum Gasteiger partial charge on any atom is -0.494 e. The van der Waals surface area contributed by atoms with E-state index in [-0.39, 0.29) is 0 Å². The molecular weight excluding hydrogens is 222 g/mol. The molecule has 0 aliphatic heterocycles. The van der Waals surface area contributed by atoms with Crippen LogP contribution in [-0.2, 0) is 0 Å². The second-order valence-electron chi connectivity index (χ2n) is 5.30. The Bertz CT molecular complexity index is 305. The van der Waals surface area contributed by atoms with Gasteiger partial charge in [-0.2, -0.15) is 0 Å². The Morgan fingerprint density at radius 3 is 2.44 bits per heavy atom. The van der Waals surface area contributed by atoms with Gasteiger partial charge >= 0.3 is 0 Å². The molecule has 1 N–H and O–H groups in total. The van der Waals surface area contributed by atoms with Crippen LogP contribution in [0.15, 0.2) is 24.3 Å². The van der Waals surface area contributed by atoms with Crippen molar-refractivity contribution in [1.82, 2.24) is 5.32 Å². The van der Waals surface area contributed by atoms with E-state index in [1.54, 1.807) is 0 Å². The monoisotopic (exact) mass is 249 g/mol. The van der Waals surface area contributed by atoms with E-state index in [0.717, 1.165) is 37.8 Å². The maximum absolute atomic E-state index is 5.68. The van der Waals surface area contributed by atoms with Gasteiger partial charge < -0.3 is 10.1 Å². The van der Waals surface area contributed by atoms with Crippen LogP contribution in [0.25, 0.3) is 0 Å². The van der Waals surface area contributed by atoms with Crippen LogP contribution in [0.3, 0.4) is 0 Å². The van der Waals surface area contributed by atoms with Gasteiger partial charge in [-0.15, -0.1) is 0 Å². The number of unbranched alkanes of at least 4 members (excludes halogenated alkanes) is 1. The van der Waals surface area contributed by atoms with Crippen LogP contribution in [0, 0.1) is 12.8 Å². The summed E-state index contributed by atoms with van der Waals surface area (Å²) in [5.41, 5.74) is 1.27. The Hall–Kier alpha value is -1.02. The molecule has 2 heteroatoms. The molecular formula is C16H27NO. The highest BCUT2D eigenvalue weighted by atomic mass is 16.5. The lowest BCUT2D eigenvalue weighted by atomic mass is 10.1. The average Bonchev–Trinajstić information content (AvgIpc) is 2.34. The predicted molar refractivity (Wildman–Crippen MR) is 78.2 cm³/mol. The summed E-state index contributed by atoms with van der Waals surface area (Å²) >= 11 is 0. The van der Waals surface area contributed by atoms with Crippen molar-refractivity contribution in [2.75, 3.05) is 19.7 Å². The van der Waals surface area contributed by atoms with E-state index < -0.39 is 0 Å². The maximum atomic E-state index is 5.68. The Balaban J connectivity index is 1.94. The smallest absolute Gasteiger partial charge is 0.119 e. The van der Waals surface area contributed by atoms with E-state index in [4.69, 9.17) is 4.74 Å². The van der Waals surface area contributed by atoms with E-state index in [1.165, 1.54) is 18.4 Å². The summed E-state index contributed by atoms with van der Waals surface area (Å²) in [6.45, 7) is 9.66. The summed E-state index contributed by atoms with van der Waals surface area (Å²) < 4.78 is 5.68. The van der Waals surface area contributed by atoms with E-state index >= 15 is 0 Å². The first-order valence-corrected chi connectivity index (χ1v) is 7.08. The fourth-order valence-electron chi connectivity index (χ4n) is 1.69. The van der Waals surface area contributed by atoms with Crippen molar-refractivity contribution in [2.24, 2.45) is 5.92 Å². The molecule has 0 amide bonds. The molecule has 0 aliphatic carbocycles. The molecule has 1 aromatic rings. The number of hydrogen-bond donors (Lipinski definition) is 1. The van der Waals surface area contributed by atoms with Crippen LogP contribution in [0.5, 0.6) is 5.75 Å². The van der Waals surface area contributed by atoms with E-state index in [9.17, 15) is 0 Å². The Morgan fingerprint density at radius 1 is 1.06 bits per heavy atom. The lowest BCUT2D eigenvalue weighted by molar-refractivity contribution is 0.305. The minimum absolute atomic E-state index is 0.794. The van der Waals surface area contributed by atoms with E-state index in [1.807, 2.05) is 12.1 Å². The molecule has 0 saturated heterocycles. The third-order valence-corrected chi connectivity index (χ3v) is 2.94. The molecule has 0 aromatic heterocycles. The first-order chi connectivity index (χ1) is 8.68. The molecule has 0 bridgehead atoms. The molecule has 18 heavy (non-hydrogen) atoms. The van der Waals surface area contributed by atoms with Gasteiger partial charge in [-0.1, -0.05) is 31.5 Å². The van der Waals surface area contributed by atoms with Gasteiger partial charge in [-0.25, -0.2) is 0 Å². The topological polar surface area (TPSA) is 21.3 Å². The average molecular weight is 249 g/mol. The van der Waals surface area contributed by atoms with Gasteiger partial charge in [0.05, 0.1) is 6.61 Å². The largest absolute Gasteiger partial charge is 0.494 e. The summed E-state index contributed by atoms with van der Waals surface area (Å²) in [4.78, 5) is 0. The third-order valence-electron chi connectivity index (χ3n) is 2.94. The Labute approximate surface area is 112 Å². The number of aryl methyl sites for hydroxylation is 1. The van der Waals surface area contributed by atoms with Crippen LogP contribution >= 0.6 is 0 Å². The summed E-state index contributed by atoms with van der Waals surface area (Å²) in [5, 5.41) is 3.47.